The molecule has 0 aliphatic heterocycles. The van der Waals surface area contributed by atoms with E-state index >= 15 is 0 Å². The largest absolute Gasteiger partial charge is 0.495 e. The topological polar surface area (TPSA) is 96.0 Å². The summed E-state index contributed by atoms with van der Waals surface area (Å²) >= 11 is 6.26. The van der Waals surface area contributed by atoms with E-state index in [1.807, 2.05) is 38.1 Å². The van der Waals surface area contributed by atoms with Crippen LogP contribution in [-0.2, 0) is 26.2 Å². The van der Waals surface area contributed by atoms with Crippen molar-refractivity contribution in [1.29, 1.82) is 0 Å². The fourth-order valence-electron chi connectivity index (χ4n) is 4.08. The third-order valence-corrected chi connectivity index (χ3v) is 8.43. The van der Waals surface area contributed by atoms with E-state index in [0.717, 1.165) is 21.0 Å². The van der Waals surface area contributed by atoms with E-state index in [2.05, 4.69) is 5.32 Å². The Morgan fingerprint density at radius 3 is 2.31 bits per heavy atom. The van der Waals surface area contributed by atoms with Gasteiger partial charge in [0.2, 0.25) is 11.8 Å². The van der Waals surface area contributed by atoms with Gasteiger partial charge in [-0.3, -0.25) is 13.9 Å². The summed E-state index contributed by atoms with van der Waals surface area (Å²) in [7, 11) is -2.83. The predicted molar refractivity (Wildman–Crippen MR) is 154 cm³/mol. The first-order valence-corrected chi connectivity index (χ1v) is 14.4. The van der Waals surface area contributed by atoms with Crippen molar-refractivity contribution in [3.8, 4) is 5.75 Å². The van der Waals surface area contributed by atoms with Crippen LogP contribution in [0.3, 0.4) is 0 Å². The van der Waals surface area contributed by atoms with E-state index in [4.69, 9.17) is 16.3 Å². The molecule has 3 aromatic carbocycles. The molecule has 0 fully saturated rings. The fraction of sp³-hybridized carbons (Fsp3) is 0.310. The van der Waals surface area contributed by atoms with Crippen molar-refractivity contribution in [2.75, 3.05) is 24.5 Å². The number of aryl methyl sites for hydroxylation is 2. The number of carbonyl (C=O) groups excluding carboxylic acids is 2. The van der Waals surface area contributed by atoms with Gasteiger partial charge in [0, 0.05) is 18.1 Å². The predicted octanol–water partition coefficient (Wildman–Crippen LogP) is 4.71. The van der Waals surface area contributed by atoms with Gasteiger partial charge >= 0.3 is 0 Å². The van der Waals surface area contributed by atoms with Crippen LogP contribution in [0.2, 0.25) is 5.02 Å². The Kier molecular flexibility index (Phi) is 9.99. The Morgan fingerprint density at radius 1 is 1.03 bits per heavy atom. The highest BCUT2D eigenvalue weighted by Gasteiger charge is 2.34. The smallest absolute Gasteiger partial charge is 0.264 e. The number of benzene rings is 3. The summed E-state index contributed by atoms with van der Waals surface area (Å²) in [5, 5.41) is 3.02. The van der Waals surface area contributed by atoms with Crippen LogP contribution in [0.5, 0.6) is 5.75 Å². The standard InChI is InChI=1S/C29H34ClN3O5S/c1-6-31-29(35)22(4)32(18-23-10-8-7-9-21(23)3)28(34)19-33(26-17-24(30)13-16-27(26)38-5)39(36,37)25-14-11-20(2)12-15-25/h7-17,22H,6,18-19H2,1-5H3,(H,31,35)/t22-/m0/s1. The summed E-state index contributed by atoms with van der Waals surface area (Å²) in [5.74, 6) is -0.674. The van der Waals surface area contributed by atoms with Gasteiger partial charge in [0.15, 0.2) is 0 Å². The third kappa shape index (κ3) is 7.10. The second-order valence-corrected chi connectivity index (χ2v) is 11.5. The molecule has 1 N–H and O–H groups in total. The Hall–Kier alpha value is -3.56. The van der Waals surface area contributed by atoms with E-state index in [1.54, 1.807) is 38.1 Å². The molecule has 0 saturated heterocycles. The van der Waals surface area contributed by atoms with E-state index in [-0.39, 0.29) is 33.8 Å². The number of rotatable bonds is 11. The number of likely N-dealkylation sites (N-methyl/N-ethyl adjacent to an activating group) is 1. The van der Waals surface area contributed by atoms with Crippen LogP contribution in [0.1, 0.15) is 30.5 Å². The van der Waals surface area contributed by atoms with Gasteiger partial charge in [0.05, 0.1) is 17.7 Å². The second kappa shape index (κ2) is 13.0. The molecule has 0 unspecified atom stereocenters. The van der Waals surface area contributed by atoms with Crippen molar-refractivity contribution < 1.29 is 22.7 Å². The maximum atomic E-state index is 14.0. The molecule has 39 heavy (non-hydrogen) atoms. The number of nitrogens with zero attached hydrogens (tertiary/aromatic N) is 2. The Labute approximate surface area is 235 Å². The second-order valence-electron chi connectivity index (χ2n) is 9.16. The summed E-state index contributed by atoms with van der Waals surface area (Å²) < 4.78 is 34.4. The molecular formula is C29H34ClN3O5S. The van der Waals surface area contributed by atoms with Crippen LogP contribution >= 0.6 is 11.6 Å². The van der Waals surface area contributed by atoms with Gasteiger partial charge < -0.3 is 15.0 Å². The van der Waals surface area contributed by atoms with E-state index in [0.29, 0.717) is 6.54 Å². The molecule has 3 rings (SSSR count). The molecule has 208 valence electrons. The van der Waals surface area contributed by atoms with E-state index in [9.17, 15) is 18.0 Å². The molecule has 0 aliphatic carbocycles. The van der Waals surface area contributed by atoms with Crippen molar-refractivity contribution >= 4 is 39.1 Å². The van der Waals surface area contributed by atoms with Crippen molar-refractivity contribution in [1.82, 2.24) is 10.2 Å². The highest BCUT2D eigenvalue weighted by atomic mass is 35.5. The van der Waals surface area contributed by atoms with E-state index in [1.165, 1.54) is 30.2 Å². The van der Waals surface area contributed by atoms with Gasteiger partial charge in [-0.15, -0.1) is 0 Å². The summed E-state index contributed by atoms with van der Waals surface area (Å²) in [6, 6.07) is 17.6. The minimum Gasteiger partial charge on any atom is -0.495 e. The minimum absolute atomic E-state index is 0.00477. The maximum absolute atomic E-state index is 14.0. The lowest BCUT2D eigenvalue weighted by Gasteiger charge is -2.32. The van der Waals surface area contributed by atoms with E-state index < -0.39 is 28.5 Å². The third-order valence-electron chi connectivity index (χ3n) is 6.42. The summed E-state index contributed by atoms with van der Waals surface area (Å²) in [5.41, 5.74) is 2.78. The van der Waals surface area contributed by atoms with Gasteiger partial charge in [0.1, 0.15) is 18.3 Å². The van der Waals surface area contributed by atoms with Crippen molar-refractivity contribution in [2.45, 2.75) is 45.2 Å². The lowest BCUT2D eigenvalue weighted by atomic mass is 10.1. The fourth-order valence-corrected chi connectivity index (χ4v) is 5.67. The molecule has 0 heterocycles. The number of sulfonamides is 1. The van der Waals surface area contributed by atoms with Gasteiger partial charge in [-0.05, 0) is 69.2 Å². The lowest BCUT2D eigenvalue weighted by Crippen LogP contribution is -2.51. The van der Waals surface area contributed by atoms with Gasteiger partial charge in [0.25, 0.3) is 10.0 Å². The Balaban J connectivity index is 2.11. The molecule has 2 amide bonds. The molecule has 1 atom stereocenters. The van der Waals surface area contributed by atoms with Crippen LogP contribution in [0.25, 0.3) is 0 Å². The number of amides is 2. The van der Waals surface area contributed by atoms with Gasteiger partial charge in [-0.1, -0.05) is 53.6 Å². The molecule has 3 aromatic rings. The first-order chi connectivity index (χ1) is 18.5. The van der Waals surface area contributed by atoms with Crippen molar-refractivity contribution in [3.05, 3.63) is 88.4 Å². The Bertz CT molecular complexity index is 1430. The highest BCUT2D eigenvalue weighted by molar-refractivity contribution is 7.92. The zero-order valence-electron chi connectivity index (χ0n) is 22.8. The average Bonchev–Trinajstić information content (AvgIpc) is 2.91. The molecule has 0 radical (unpaired) electrons. The number of anilines is 1. The van der Waals surface area contributed by atoms with Gasteiger partial charge in [-0.2, -0.15) is 0 Å². The van der Waals surface area contributed by atoms with Crippen molar-refractivity contribution in [3.63, 3.8) is 0 Å². The number of methoxy groups -OCH3 is 1. The van der Waals surface area contributed by atoms with Crippen LogP contribution in [0.15, 0.2) is 71.6 Å². The lowest BCUT2D eigenvalue weighted by molar-refractivity contribution is -0.139. The quantitative estimate of drug-likeness (QED) is 0.359. The number of hydrogen-bond acceptors (Lipinski definition) is 5. The van der Waals surface area contributed by atoms with Crippen LogP contribution < -0.4 is 14.4 Å². The number of ether oxygens (including phenoxy) is 1. The molecule has 8 nitrogen and oxygen atoms in total. The van der Waals surface area contributed by atoms with Gasteiger partial charge in [-0.25, -0.2) is 8.42 Å². The van der Waals surface area contributed by atoms with Crippen LogP contribution in [0, 0.1) is 13.8 Å². The summed E-state index contributed by atoms with van der Waals surface area (Å²) in [6.07, 6.45) is 0. The number of nitrogens with one attached hydrogen (secondary N) is 1. The zero-order valence-corrected chi connectivity index (χ0v) is 24.3. The molecule has 0 saturated carbocycles. The first-order valence-electron chi connectivity index (χ1n) is 12.5. The van der Waals surface area contributed by atoms with Crippen LogP contribution in [-0.4, -0.2) is 51.4 Å². The zero-order chi connectivity index (χ0) is 28.7. The molecule has 0 aromatic heterocycles. The highest BCUT2D eigenvalue weighted by Crippen LogP contribution is 2.35. The number of carbonyl (C=O) groups is 2. The summed E-state index contributed by atoms with van der Waals surface area (Å²) in [4.78, 5) is 28.2. The number of halogens is 1. The molecule has 10 heteroatoms. The minimum atomic E-state index is -4.24. The molecular weight excluding hydrogens is 538 g/mol. The average molecular weight is 572 g/mol. The number of hydrogen-bond donors (Lipinski definition) is 1. The monoisotopic (exact) mass is 571 g/mol. The summed E-state index contributed by atoms with van der Waals surface area (Å²) in [6.45, 7) is 7.11. The Morgan fingerprint density at radius 2 is 1.69 bits per heavy atom. The maximum Gasteiger partial charge on any atom is 0.264 e. The SMILES string of the molecule is CCNC(=O)[C@H](C)N(Cc1ccccc1C)C(=O)CN(c1cc(Cl)ccc1OC)S(=O)(=O)c1ccc(C)cc1. The molecule has 0 spiro atoms. The first kappa shape index (κ1) is 30.0. The normalized spacial score (nSPS) is 11.9. The van der Waals surface area contributed by atoms with Crippen LogP contribution in [0.4, 0.5) is 5.69 Å². The molecule has 0 aliphatic rings. The molecule has 0 bridgehead atoms. The van der Waals surface area contributed by atoms with Crippen molar-refractivity contribution in [2.24, 2.45) is 0 Å².